The van der Waals surface area contributed by atoms with E-state index in [0.29, 0.717) is 5.92 Å². The zero-order valence-electron chi connectivity index (χ0n) is 13.3. The van der Waals surface area contributed by atoms with Crippen molar-refractivity contribution in [1.29, 1.82) is 0 Å². The van der Waals surface area contributed by atoms with Crippen LogP contribution in [0.1, 0.15) is 39.3 Å². The molecule has 1 fully saturated rings. The van der Waals surface area contributed by atoms with Crippen molar-refractivity contribution in [3.8, 4) is 0 Å². The molecule has 1 amide bonds. The lowest BCUT2D eigenvalue weighted by Crippen LogP contribution is -2.43. The molecule has 0 aliphatic carbocycles. The van der Waals surface area contributed by atoms with Crippen LogP contribution in [-0.2, 0) is 11.3 Å². The van der Waals surface area contributed by atoms with Crippen LogP contribution in [0.4, 0.5) is 4.79 Å². The zero-order valence-corrected chi connectivity index (χ0v) is 13.3. The van der Waals surface area contributed by atoms with Crippen molar-refractivity contribution in [1.82, 2.24) is 15.2 Å². The Balaban J connectivity index is 1.65. The van der Waals surface area contributed by atoms with Crippen LogP contribution in [0.15, 0.2) is 18.3 Å². The molecule has 21 heavy (non-hydrogen) atoms. The minimum atomic E-state index is -0.411. The van der Waals surface area contributed by atoms with E-state index < -0.39 is 5.60 Å². The monoisotopic (exact) mass is 293 g/mol. The highest BCUT2D eigenvalue weighted by Gasteiger charge is 2.26. The topological polar surface area (TPSA) is 57.4 Å². The number of H-pyrrole nitrogens is 1. The van der Waals surface area contributed by atoms with Gasteiger partial charge in [0.15, 0.2) is 0 Å². The van der Waals surface area contributed by atoms with E-state index in [0.717, 1.165) is 39.0 Å². The molecule has 0 bridgehead atoms. The Morgan fingerprint density at radius 2 is 2.14 bits per heavy atom. The number of hydrogen-bond donors (Lipinski definition) is 2. The first-order valence-electron chi connectivity index (χ1n) is 7.75. The standard InChI is InChI=1S/C16H27N3O2/c1-16(2,3)21-15(20)19-9-6-13(7-10-19)11-17-12-14-5-4-8-18-14/h4-5,8,13,17-18H,6-7,9-12H2,1-3H3. The maximum atomic E-state index is 12.0. The van der Waals surface area contributed by atoms with Gasteiger partial charge in [0.05, 0.1) is 0 Å². The lowest BCUT2D eigenvalue weighted by atomic mass is 9.97. The summed E-state index contributed by atoms with van der Waals surface area (Å²) in [5.41, 5.74) is 0.798. The van der Waals surface area contributed by atoms with Gasteiger partial charge in [-0.1, -0.05) is 0 Å². The average molecular weight is 293 g/mol. The van der Waals surface area contributed by atoms with Crippen molar-refractivity contribution < 1.29 is 9.53 Å². The summed E-state index contributed by atoms with van der Waals surface area (Å²) in [6.07, 6.45) is 3.84. The summed E-state index contributed by atoms with van der Waals surface area (Å²) >= 11 is 0. The van der Waals surface area contributed by atoms with Gasteiger partial charge in [0.1, 0.15) is 5.60 Å². The first kappa shape index (κ1) is 15.9. The van der Waals surface area contributed by atoms with Gasteiger partial charge in [-0.25, -0.2) is 4.79 Å². The van der Waals surface area contributed by atoms with Gasteiger partial charge in [-0.3, -0.25) is 0 Å². The third kappa shape index (κ3) is 5.42. The number of carbonyl (C=O) groups is 1. The molecule has 0 saturated carbocycles. The highest BCUT2D eigenvalue weighted by molar-refractivity contribution is 5.68. The molecule has 0 atom stereocenters. The molecule has 1 aliphatic heterocycles. The molecule has 1 aromatic rings. The molecule has 1 saturated heterocycles. The van der Waals surface area contributed by atoms with Gasteiger partial charge in [0, 0.05) is 31.5 Å². The van der Waals surface area contributed by atoms with E-state index in [1.54, 1.807) is 0 Å². The normalized spacial score (nSPS) is 17.0. The highest BCUT2D eigenvalue weighted by atomic mass is 16.6. The van der Waals surface area contributed by atoms with Crippen molar-refractivity contribution in [2.75, 3.05) is 19.6 Å². The molecule has 5 nitrogen and oxygen atoms in total. The second-order valence-electron chi connectivity index (χ2n) is 6.74. The van der Waals surface area contributed by atoms with Gasteiger partial charge in [0.2, 0.25) is 0 Å². The predicted octanol–water partition coefficient (Wildman–Crippen LogP) is 2.75. The van der Waals surface area contributed by atoms with Crippen LogP contribution < -0.4 is 5.32 Å². The highest BCUT2D eigenvalue weighted by Crippen LogP contribution is 2.19. The van der Waals surface area contributed by atoms with Crippen LogP contribution in [0.3, 0.4) is 0 Å². The lowest BCUT2D eigenvalue weighted by molar-refractivity contribution is 0.0184. The Labute approximate surface area is 127 Å². The first-order chi connectivity index (χ1) is 9.94. The van der Waals surface area contributed by atoms with Crippen LogP contribution in [0.2, 0.25) is 0 Å². The Bertz CT molecular complexity index is 429. The Morgan fingerprint density at radius 3 is 2.71 bits per heavy atom. The van der Waals surface area contributed by atoms with Gasteiger partial charge in [-0.05, 0) is 58.2 Å². The molecule has 2 rings (SSSR count). The molecule has 5 heteroatoms. The fraction of sp³-hybridized carbons (Fsp3) is 0.688. The molecule has 1 aromatic heterocycles. The minimum absolute atomic E-state index is 0.180. The fourth-order valence-electron chi connectivity index (χ4n) is 2.53. The van der Waals surface area contributed by atoms with Gasteiger partial charge >= 0.3 is 6.09 Å². The summed E-state index contributed by atoms with van der Waals surface area (Å²) < 4.78 is 5.41. The van der Waals surface area contributed by atoms with E-state index in [-0.39, 0.29) is 6.09 Å². The van der Waals surface area contributed by atoms with Gasteiger partial charge in [-0.15, -0.1) is 0 Å². The van der Waals surface area contributed by atoms with Gasteiger partial charge in [-0.2, -0.15) is 0 Å². The van der Waals surface area contributed by atoms with Crippen LogP contribution in [0, 0.1) is 5.92 Å². The second kappa shape index (κ2) is 6.98. The maximum absolute atomic E-state index is 12.0. The minimum Gasteiger partial charge on any atom is -0.444 e. The number of nitrogens with one attached hydrogen (secondary N) is 2. The molecule has 2 heterocycles. The number of likely N-dealkylation sites (tertiary alicyclic amines) is 1. The number of amides is 1. The molecule has 0 radical (unpaired) electrons. The Kier molecular flexibility index (Phi) is 5.28. The number of nitrogens with zero attached hydrogens (tertiary/aromatic N) is 1. The van der Waals surface area contributed by atoms with Gasteiger partial charge in [0.25, 0.3) is 0 Å². The van der Waals surface area contributed by atoms with E-state index >= 15 is 0 Å². The summed E-state index contributed by atoms with van der Waals surface area (Å²) in [4.78, 5) is 17.0. The summed E-state index contributed by atoms with van der Waals surface area (Å²) in [5.74, 6) is 0.638. The van der Waals surface area contributed by atoms with E-state index in [1.165, 1.54) is 5.69 Å². The molecule has 118 valence electrons. The lowest BCUT2D eigenvalue weighted by Gasteiger charge is -2.33. The smallest absolute Gasteiger partial charge is 0.410 e. The zero-order chi connectivity index (χ0) is 15.3. The number of ether oxygens (including phenoxy) is 1. The summed E-state index contributed by atoms with van der Waals surface area (Å²) in [6, 6.07) is 4.09. The van der Waals surface area contributed by atoms with Crippen LogP contribution in [-0.4, -0.2) is 41.2 Å². The summed E-state index contributed by atoms with van der Waals surface area (Å²) in [7, 11) is 0. The van der Waals surface area contributed by atoms with Crippen LogP contribution in [0.5, 0.6) is 0 Å². The summed E-state index contributed by atoms with van der Waals surface area (Å²) in [5, 5.41) is 3.47. The maximum Gasteiger partial charge on any atom is 0.410 e. The number of hydrogen-bond acceptors (Lipinski definition) is 3. The van der Waals surface area contributed by atoms with E-state index in [9.17, 15) is 4.79 Å². The third-order valence-electron chi connectivity index (χ3n) is 3.68. The molecule has 0 spiro atoms. The van der Waals surface area contributed by atoms with Crippen molar-refractivity contribution in [2.45, 2.75) is 45.8 Å². The number of carbonyl (C=O) groups excluding carboxylic acids is 1. The predicted molar refractivity (Wildman–Crippen MR) is 83.0 cm³/mol. The largest absolute Gasteiger partial charge is 0.444 e. The van der Waals surface area contributed by atoms with E-state index in [2.05, 4.69) is 16.4 Å². The number of aromatic nitrogens is 1. The first-order valence-corrected chi connectivity index (χ1v) is 7.75. The van der Waals surface area contributed by atoms with Crippen molar-refractivity contribution in [2.24, 2.45) is 5.92 Å². The van der Waals surface area contributed by atoms with Crippen molar-refractivity contribution in [3.63, 3.8) is 0 Å². The van der Waals surface area contributed by atoms with Crippen molar-refractivity contribution in [3.05, 3.63) is 24.0 Å². The quantitative estimate of drug-likeness (QED) is 0.897. The molecular formula is C16H27N3O2. The van der Waals surface area contributed by atoms with Crippen molar-refractivity contribution >= 4 is 6.09 Å². The third-order valence-corrected chi connectivity index (χ3v) is 3.68. The molecule has 0 aromatic carbocycles. The Morgan fingerprint density at radius 1 is 1.43 bits per heavy atom. The Hall–Kier alpha value is -1.49. The average Bonchev–Trinajstić information content (AvgIpc) is 2.91. The molecule has 1 aliphatic rings. The van der Waals surface area contributed by atoms with Crippen LogP contribution >= 0.6 is 0 Å². The number of aromatic amines is 1. The molecular weight excluding hydrogens is 266 g/mol. The summed E-state index contributed by atoms with van der Waals surface area (Å²) in [6.45, 7) is 9.18. The number of rotatable bonds is 4. The SMILES string of the molecule is CC(C)(C)OC(=O)N1CCC(CNCc2ccc[nH]2)CC1. The second-order valence-corrected chi connectivity index (χ2v) is 6.74. The van der Waals surface area contributed by atoms with E-state index in [4.69, 9.17) is 4.74 Å². The van der Waals surface area contributed by atoms with E-state index in [1.807, 2.05) is 37.9 Å². The van der Waals surface area contributed by atoms with Gasteiger partial charge < -0.3 is 19.9 Å². The fourth-order valence-corrected chi connectivity index (χ4v) is 2.53. The molecule has 0 unspecified atom stereocenters. The number of piperidine rings is 1. The molecule has 2 N–H and O–H groups in total. The van der Waals surface area contributed by atoms with Crippen LogP contribution in [0.25, 0.3) is 0 Å².